The maximum atomic E-state index is 10.9. The molecule has 0 rings (SSSR count). The maximum absolute atomic E-state index is 10.9. The highest BCUT2D eigenvalue weighted by Gasteiger charge is 2.04. The predicted molar refractivity (Wildman–Crippen MR) is 45.2 cm³/mol. The summed E-state index contributed by atoms with van der Waals surface area (Å²) in [6, 6.07) is -0.405. The molecule has 1 amide bonds. The highest BCUT2D eigenvalue weighted by atomic mass is 16.2. The fraction of sp³-hybridized carbons (Fsp3) is 0.857. The number of amides is 1. The van der Waals surface area contributed by atoms with Crippen LogP contribution in [-0.4, -0.2) is 44.0 Å². The Kier molecular flexibility index (Phi) is 4.81. The molecule has 1 atom stereocenters. The second-order valence-corrected chi connectivity index (χ2v) is 2.88. The van der Waals surface area contributed by atoms with E-state index >= 15 is 0 Å². The van der Waals surface area contributed by atoms with Crippen molar-refractivity contribution in [2.75, 3.05) is 27.2 Å². The Balaban J connectivity index is 3.32. The van der Waals surface area contributed by atoms with E-state index in [1.807, 2.05) is 19.0 Å². The second kappa shape index (κ2) is 5.09. The Morgan fingerprint density at radius 3 is 2.55 bits per heavy atom. The zero-order valence-electron chi connectivity index (χ0n) is 7.42. The van der Waals surface area contributed by atoms with Gasteiger partial charge in [0.1, 0.15) is 0 Å². The van der Waals surface area contributed by atoms with Crippen molar-refractivity contribution in [2.24, 2.45) is 5.73 Å². The molecule has 4 nitrogen and oxygen atoms in total. The van der Waals surface area contributed by atoms with E-state index in [2.05, 4.69) is 5.32 Å². The first-order valence-electron chi connectivity index (χ1n) is 3.72. The van der Waals surface area contributed by atoms with Gasteiger partial charge in [-0.3, -0.25) is 4.79 Å². The summed E-state index contributed by atoms with van der Waals surface area (Å²) in [7, 11) is 3.91. The number of carbonyl (C=O) groups excluding carboxylic acids is 1. The molecule has 0 aliphatic heterocycles. The van der Waals surface area contributed by atoms with Crippen LogP contribution in [0.1, 0.15) is 6.92 Å². The van der Waals surface area contributed by atoms with Crippen LogP contribution < -0.4 is 11.1 Å². The van der Waals surface area contributed by atoms with Crippen LogP contribution in [0.3, 0.4) is 0 Å². The minimum Gasteiger partial charge on any atom is -0.353 e. The van der Waals surface area contributed by atoms with Crippen LogP contribution in [0.25, 0.3) is 0 Å². The summed E-state index contributed by atoms with van der Waals surface area (Å²) in [5, 5.41) is 2.71. The van der Waals surface area contributed by atoms with Gasteiger partial charge < -0.3 is 16.0 Å². The van der Waals surface area contributed by atoms with Crippen molar-refractivity contribution in [3.05, 3.63) is 0 Å². The molecular formula is C7H17N3O. The minimum atomic E-state index is -0.405. The van der Waals surface area contributed by atoms with Crippen LogP contribution >= 0.6 is 0 Å². The molecule has 0 radical (unpaired) electrons. The predicted octanol–water partition coefficient (Wildman–Crippen LogP) is -0.989. The van der Waals surface area contributed by atoms with Crippen molar-refractivity contribution in [2.45, 2.75) is 13.0 Å². The summed E-state index contributed by atoms with van der Waals surface area (Å²) in [6.07, 6.45) is 0. The van der Waals surface area contributed by atoms with Gasteiger partial charge >= 0.3 is 0 Å². The van der Waals surface area contributed by atoms with Gasteiger partial charge in [-0.15, -0.1) is 0 Å². The zero-order chi connectivity index (χ0) is 8.85. The van der Waals surface area contributed by atoms with E-state index in [1.165, 1.54) is 0 Å². The van der Waals surface area contributed by atoms with Gasteiger partial charge in [0.2, 0.25) is 5.91 Å². The normalized spacial score (nSPS) is 13.2. The first kappa shape index (κ1) is 10.4. The molecule has 0 heterocycles. The first-order chi connectivity index (χ1) is 5.04. The van der Waals surface area contributed by atoms with Crippen molar-refractivity contribution >= 4 is 5.91 Å². The first-order valence-corrected chi connectivity index (χ1v) is 3.72. The number of carbonyl (C=O) groups is 1. The third kappa shape index (κ3) is 5.82. The molecule has 3 N–H and O–H groups in total. The Hall–Kier alpha value is -0.610. The maximum Gasteiger partial charge on any atom is 0.236 e. The summed E-state index contributed by atoms with van der Waals surface area (Å²) in [5.74, 6) is -0.0909. The van der Waals surface area contributed by atoms with Gasteiger partial charge in [-0.05, 0) is 21.0 Å². The van der Waals surface area contributed by atoms with Crippen molar-refractivity contribution in [1.29, 1.82) is 0 Å². The lowest BCUT2D eigenvalue weighted by Crippen LogP contribution is -2.41. The molecule has 4 heteroatoms. The van der Waals surface area contributed by atoms with Gasteiger partial charge in [-0.1, -0.05) is 0 Å². The van der Waals surface area contributed by atoms with Crippen LogP contribution in [0.4, 0.5) is 0 Å². The summed E-state index contributed by atoms with van der Waals surface area (Å²) in [6.45, 7) is 3.18. The van der Waals surface area contributed by atoms with E-state index in [0.29, 0.717) is 6.54 Å². The topological polar surface area (TPSA) is 58.4 Å². The molecule has 0 aliphatic carbocycles. The van der Waals surface area contributed by atoms with Crippen LogP contribution in [0.2, 0.25) is 0 Å². The minimum absolute atomic E-state index is 0.0909. The van der Waals surface area contributed by atoms with Crippen molar-refractivity contribution in [3.63, 3.8) is 0 Å². The van der Waals surface area contributed by atoms with Crippen molar-refractivity contribution in [3.8, 4) is 0 Å². The summed E-state index contributed by atoms with van der Waals surface area (Å²) < 4.78 is 0. The molecule has 66 valence electrons. The van der Waals surface area contributed by atoms with E-state index < -0.39 is 6.04 Å². The fourth-order valence-corrected chi connectivity index (χ4v) is 0.564. The van der Waals surface area contributed by atoms with Gasteiger partial charge in [-0.2, -0.15) is 0 Å². The number of nitrogens with one attached hydrogen (secondary N) is 1. The van der Waals surface area contributed by atoms with E-state index in [4.69, 9.17) is 5.73 Å². The largest absolute Gasteiger partial charge is 0.353 e. The molecule has 0 aromatic rings. The number of likely N-dealkylation sites (N-methyl/N-ethyl adjacent to an activating group) is 1. The van der Waals surface area contributed by atoms with Crippen molar-refractivity contribution < 1.29 is 4.79 Å². The quantitative estimate of drug-likeness (QED) is 0.554. The molecule has 0 fully saturated rings. The average Bonchev–Trinajstić information content (AvgIpc) is 1.86. The Morgan fingerprint density at radius 1 is 1.64 bits per heavy atom. The zero-order valence-corrected chi connectivity index (χ0v) is 7.42. The molecule has 0 aromatic carbocycles. The monoisotopic (exact) mass is 159 g/mol. The van der Waals surface area contributed by atoms with Crippen LogP contribution in [0.15, 0.2) is 0 Å². The van der Waals surface area contributed by atoms with Gasteiger partial charge in [0.25, 0.3) is 0 Å². The van der Waals surface area contributed by atoms with E-state index in [0.717, 1.165) is 6.54 Å². The Labute approximate surface area is 67.7 Å². The molecule has 0 aromatic heterocycles. The molecular weight excluding hydrogens is 142 g/mol. The Morgan fingerprint density at radius 2 is 2.18 bits per heavy atom. The molecule has 0 saturated carbocycles. The number of hydrogen-bond donors (Lipinski definition) is 2. The van der Waals surface area contributed by atoms with Gasteiger partial charge in [0, 0.05) is 13.1 Å². The smallest absolute Gasteiger partial charge is 0.236 e. The van der Waals surface area contributed by atoms with Crippen LogP contribution in [0, 0.1) is 0 Å². The lowest BCUT2D eigenvalue weighted by Gasteiger charge is -2.11. The lowest BCUT2D eigenvalue weighted by atomic mass is 10.3. The summed E-state index contributed by atoms with van der Waals surface area (Å²) in [5.41, 5.74) is 5.33. The van der Waals surface area contributed by atoms with Crippen LogP contribution in [0.5, 0.6) is 0 Å². The second-order valence-electron chi connectivity index (χ2n) is 2.88. The standard InChI is InChI=1S/C7H17N3O/c1-6(8)7(11)9-4-5-10(2)3/h6H,4-5,8H2,1-3H3,(H,9,11)/t6-/m0/s1. The Bertz CT molecular complexity index is 123. The highest BCUT2D eigenvalue weighted by molar-refractivity contribution is 5.80. The fourth-order valence-electron chi connectivity index (χ4n) is 0.564. The molecule has 11 heavy (non-hydrogen) atoms. The van der Waals surface area contributed by atoms with E-state index in [1.54, 1.807) is 6.92 Å². The average molecular weight is 159 g/mol. The molecule has 0 saturated heterocycles. The third-order valence-electron chi connectivity index (χ3n) is 1.27. The summed E-state index contributed by atoms with van der Waals surface area (Å²) in [4.78, 5) is 12.9. The van der Waals surface area contributed by atoms with E-state index in [9.17, 15) is 4.79 Å². The number of nitrogens with zero attached hydrogens (tertiary/aromatic N) is 1. The van der Waals surface area contributed by atoms with Gasteiger partial charge in [0.05, 0.1) is 6.04 Å². The number of hydrogen-bond acceptors (Lipinski definition) is 3. The highest BCUT2D eigenvalue weighted by Crippen LogP contribution is 1.75. The molecule has 0 bridgehead atoms. The lowest BCUT2D eigenvalue weighted by molar-refractivity contribution is -0.121. The van der Waals surface area contributed by atoms with Gasteiger partial charge in [0.15, 0.2) is 0 Å². The SMILES string of the molecule is C[C@H](N)C(=O)NCCN(C)C. The third-order valence-corrected chi connectivity index (χ3v) is 1.27. The summed E-state index contributed by atoms with van der Waals surface area (Å²) >= 11 is 0. The number of nitrogens with two attached hydrogens (primary N) is 1. The molecule has 0 spiro atoms. The number of rotatable bonds is 4. The van der Waals surface area contributed by atoms with Crippen LogP contribution in [-0.2, 0) is 4.79 Å². The molecule has 0 aliphatic rings. The van der Waals surface area contributed by atoms with E-state index in [-0.39, 0.29) is 5.91 Å². The van der Waals surface area contributed by atoms with Crippen molar-refractivity contribution in [1.82, 2.24) is 10.2 Å². The van der Waals surface area contributed by atoms with Gasteiger partial charge in [-0.25, -0.2) is 0 Å². The molecule has 0 unspecified atom stereocenters.